The fourth-order valence-corrected chi connectivity index (χ4v) is 1.17. The molecule has 5 heteroatoms. The molecule has 3 N–H and O–H groups in total. The normalized spacial score (nSPS) is 13.2. The number of ether oxygens (including phenoxy) is 1. The van der Waals surface area contributed by atoms with Crippen LogP contribution in [0.5, 0.6) is 0 Å². The molecule has 0 aromatic carbocycles. The summed E-state index contributed by atoms with van der Waals surface area (Å²) in [6.45, 7) is 1.18. The van der Waals surface area contributed by atoms with Gasteiger partial charge in [-0.1, -0.05) is 0 Å². The standard InChI is InChI=1S/C8H15N3O2/c1-13-6-7(12)5-11-3-2-10-8(11)4-9/h2-3,7,12H,4-6,9H2,1H3. The molecule has 74 valence electrons. The molecule has 0 fully saturated rings. The molecule has 1 unspecified atom stereocenters. The van der Waals surface area contributed by atoms with Crippen LogP contribution < -0.4 is 5.73 Å². The van der Waals surface area contributed by atoms with Crippen LogP contribution in [0.4, 0.5) is 0 Å². The van der Waals surface area contributed by atoms with Gasteiger partial charge in [0.2, 0.25) is 0 Å². The summed E-state index contributed by atoms with van der Waals surface area (Å²) < 4.78 is 6.63. The lowest BCUT2D eigenvalue weighted by Gasteiger charge is -2.11. The van der Waals surface area contributed by atoms with Crippen LogP contribution in [0.2, 0.25) is 0 Å². The zero-order chi connectivity index (χ0) is 9.68. The minimum absolute atomic E-state index is 0.322. The second-order valence-electron chi connectivity index (χ2n) is 2.81. The first-order valence-electron chi connectivity index (χ1n) is 4.15. The maximum absolute atomic E-state index is 9.43. The molecule has 1 aromatic heterocycles. The van der Waals surface area contributed by atoms with Crippen molar-refractivity contribution in [1.82, 2.24) is 9.55 Å². The molecule has 0 aliphatic carbocycles. The SMILES string of the molecule is COCC(O)Cn1ccnc1CN. The quantitative estimate of drug-likeness (QED) is 0.639. The van der Waals surface area contributed by atoms with Gasteiger partial charge in [-0.05, 0) is 0 Å². The Morgan fingerprint density at radius 1 is 1.77 bits per heavy atom. The topological polar surface area (TPSA) is 73.3 Å². The Bertz CT molecular complexity index is 249. The lowest BCUT2D eigenvalue weighted by atomic mass is 10.3. The summed E-state index contributed by atoms with van der Waals surface area (Å²) >= 11 is 0. The Morgan fingerprint density at radius 3 is 3.15 bits per heavy atom. The van der Waals surface area contributed by atoms with E-state index in [9.17, 15) is 5.11 Å². The van der Waals surface area contributed by atoms with Crippen molar-refractivity contribution in [2.75, 3.05) is 13.7 Å². The van der Waals surface area contributed by atoms with Crippen molar-refractivity contribution in [3.8, 4) is 0 Å². The van der Waals surface area contributed by atoms with Crippen LogP contribution in [-0.4, -0.2) is 34.5 Å². The van der Waals surface area contributed by atoms with E-state index in [0.29, 0.717) is 19.7 Å². The Kier molecular flexibility index (Phi) is 3.88. The van der Waals surface area contributed by atoms with Gasteiger partial charge in [0.1, 0.15) is 5.82 Å². The first-order chi connectivity index (χ1) is 6.27. The largest absolute Gasteiger partial charge is 0.389 e. The van der Waals surface area contributed by atoms with Crippen LogP contribution in [0, 0.1) is 0 Å². The van der Waals surface area contributed by atoms with Crippen molar-refractivity contribution in [3.63, 3.8) is 0 Å². The van der Waals surface area contributed by atoms with Crippen molar-refractivity contribution in [1.29, 1.82) is 0 Å². The zero-order valence-electron chi connectivity index (χ0n) is 7.68. The summed E-state index contributed by atoms with van der Waals surface area (Å²) in [4.78, 5) is 4.03. The van der Waals surface area contributed by atoms with Crippen molar-refractivity contribution in [2.45, 2.75) is 19.2 Å². The van der Waals surface area contributed by atoms with E-state index in [1.165, 1.54) is 0 Å². The van der Waals surface area contributed by atoms with Gasteiger partial charge in [-0.2, -0.15) is 0 Å². The second-order valence-corrected chi connectivity index (χ2v) is 2.81. The summed E-state index contributed by atoms with van der Waals surface area (Å²) in [5.74, 6) is 0.773. The van der Waals surface area contributed by atoms with Crippen molar-refractivity contribution in [3.05, 3.63) is 18.2 Å². The number of methoxy groups -OCH3 is 1. The molecule has 1 atom stereocenters. The number of nitrogens with two attached hydrogens (primary N) is 1. The molecule has 1 heterocycles. The van der Waals surface area contributed by atoms with Crippen LogP contribution in [0.25, 0.3) is 0 Å². The third-order valence-electron chi connectivity index (χ3n) is 1.75. The number of rotatable bonds is 5. The van der Waals surface area contributed by atoms with E-state index in [1.807, 2.05) is 4.57 Å². The molecular formula is C8H15N3O2. The molecule has 0 aliphatic heterocycles. The molecule has 0 spiro atoms. The maximum atomic E-state index is 9.43. The highest BCUT2D eigenvalue weighted by Gasteiger charge is 2.06. The summed E-state index contributed by atoms with van der Waals surface area (Å²) in [6, 6.07) is 0. The number of nitrogens with zero attached hydrogens (tertiary/aromatic N) is 2. The third kappa shape index (κ3) is 2.80. The molecular weight excluding hydrogens is 170 g/mol. The van der Waals surface area contributed by atoms with Gasteiger partial charge in [-0.15, -0.1) is 0 Å². The van der Waals surface area contributed by atoms with Gasteiger partial charge in [0.25, 0.3) is 0 Å². The molecule has 1 rings (SSSR count). The van der Waals surface area contributed by atoms with Gasteiger partial charge >= 0.3 is 0 Å². The summed E-state index contributed by atoms with van der Waals surface area (Å²) in [7, 11) is 1.56. The number of hydrogen-bond acceptors (Lipinski definition) is 4. The Hall–Kier alpha value is -0.910. The molecule has 5 nitrogen and oxygen atoms in total. The third-order valence-corrected chi connectivity index (χ3v) is 1.75. The van der Waals surface area contributed by atoms with Gasteiger partial charge in [0.05, 0.1) is 25.8 Å². The van der Waals surface area contributed by atoms with Crippen LogP contribution in [-0.2, 0) is 17.8 Å². The van der Waals surface area contributed by atoms with E-state index in [2.05, 4.69) is 4.98 Å². The highest BCUT2D eigenvalue weighted by atomic mass is 16.5. The Morgan fingerprint density at radius 2 is 2.54 bits per heavy atom. The zero-order valence-corrected chi connectivity index (χ0v) is 7.68. The molecule has 0 bridgehead atoms. The fourth-order valence-electron chi connectivity index (χ4n) is 1.17. The van der Waals surface area contributed by atoms with E-state index in [1.54, 1.807) is 19.5 Å². The van der Waals surface area contributed by atoms with Gasteiger partial charge in [-0.25, -0.2) is 4.98 Å². The van der Waals surface area contributed by atoms with Gasteiger partial charge < -0.3 is 20.1 Å². The van der Waals surface area contributed by atoms with Crippen LogP contribution >= 0.6 is 0 Å². The van der Waals surface area contributed by atoms with E-state index in [4.69, 9.17) is 10.5 Å². The molecule has 13 heavy (non-hydrogen) atoms. The van der Waals surface area contributed by atoms with Crippen LogP contribution in [0.3, 0.4) is 0 Å². The van der Waals surface area contributed by atoms with Crippen molar-refractivity contribution < 1.29 is 9.84 Å². The van der Waals surface area contributed by atoms with E-state index in [0.717, 1.165) is 5.82 Å². The average Bonchev–Trinajstić information content (AvgIpc) is 2.52. The highest BCUT2D eigenvalue weighted by Crippen LogP contribution is 1.99. The van der Waals surface area contributed by atoms with Crippen LogP contribution in [0.15, 0.2) is 12.4 Å². The van der Waals surface area contributed by atoms with E-state index >= 15 is 0 Å². The molecule has 0 saturated carbocycles. The first-order valence-corrected chi connectivity index (χ1v) is 4.15. The molecule has 0 amide bonds. The lowest BCUT2D eigenvalue weighted by molar-refractivity contribution is 0.0531. The van der Waals surface area contributed by atoms with Crippen LogP contribution in [0.1, 0.15) is 5.82 Å². The van der Waals surface area contributed by atoms with E-state index in [-0.39, 0.29) is 0 Å². The van der Waals surface area contributed by atoms with Crippen molar-refractivity contribution in [2.24, 2.45) is 5.73 Å². The van der Waals surface area contributed by atoms with Gasteiger partial charge in [0.15, 0.2) is 0 Å². The molecule has 0 radical (unpaired) electrons. The summed E-state index contributed by atoms with van der Waals surface area (Å²) in [5.41, 5.74) is 5.45. The maximum Gasteiger partial charge on any atom is 0.122 e. The molecule has 0 saturated heterocycles. The lowest BCUT2D eigenvalue weighted by Crippen LogP contribution is -2.22. The monoisotopic (exact) mass is 185 g/mol. The smallest absolute Gasteiger partial charge is 0.122 e. The first kappa shape index (κ1) is 10.2. The minimum atomic E-state index is -0.510. The summed E-state index contributed by atoms with van der Waals surface area (Å²) in [6.07, 6.45) is 2.95. The number of aliphatic hydroxyl groups excluding tert-OH is 1. The number of imidazole rings is 1. The van der Waals surface area contributed by atoms with Gasteiger partial charge in [-0.3, -0.25) is 0 Å². The summed E-state index contributed by atoms with van der Waals surface area (Å²) in [5, 5.41) is 9.43. The Labute approximate surface area is 77.1 Å². The van der Waals surface area contributed by atoms with Crippen molar-refractivity contribution >= 4 is 0 Å². The number of aromatic nitrogens is 2. The molecule has 0 aliphatic rings. The number of hydrogen-bond donors (Lipinski definition) is 2. The average molecular weight is 185 g/mol. The Balaban J connectivity index is 2.52. The highest BCUT2D eigenvalue weighted by molar-refractivity contribution is 4.91. The predicted octanol–water partition coefficient (Wildman–Crippen LogP) is -0.651. The minimum Gasteiger partial charge on any atom is -0.389 e. The number of aliphatic hydroxyl groups is 1. The second kappa shape index (κ2) is 4.96. The fraction of sp³-hybridized carbons (Fsp3) is 0.625. The predicted molar refractivity (Wildman–Crippen MR) is 48.0 cm³/mol. The van der Waals surface area contributed by atoms with Gasteiger partial charge in [0, 0.05) is 19.5 Å². The molecule has 1 aromatic rings. The van der Waals surface area contributed by atoms with E-state index < -0.39 is 6.10 Å².